The van der Waals surface area contributed by atoms with Crippen LogP contribution in [-0.2, 0) is 4.74 Å². The molecule has 162 valence electrons. The fraction of sp³-hybridized carbons (Fsp3) is 0.211. The molecule has 0 amide bonds. The molecule has 0 unspecified atom stereocenters. The van der Waals surface area contributed by atoms with Crippen LogP contribution >= 0.6 is 0 Å². The summed E-state index contributed by atoms with van der Waals surface area (Å²) in [6.45, 7) is 3.83. The van der Waals surface area contributed by atoms with Crippen LogP contribution in [0.1, 0.15) is 0 Å². The Morgan fingerprint density at radius 2 is 1.19 bits per heavy atom. The molecular formula is C19H22N8O4. The second kappa shape index (κ2) is 16.9. The van der Waals surface area contributed by atoms with Gasteiger partial charge in [0.25, 0.3) is 0 Å². The molecule has 31 heavy (non-hydrogen) atoms. The van der Waals surface area contributed by atoms with Gasteiger partial charge in [-0.15, -0.1) is 15.3 Å². The summed E-state index contributed by atoms with van der Waals surface area (Å²) in [5.74, 6) is 0. The minimum absolute atomic E-state index is 0.889. The molecule has 1 aromatic carbocycles. The van der Waals surface area contributed by atoms with Crippen molar-refractivity contribution in [1.82, 2.24) is 41.4 Å². The van der Waals surface area contributed by atoms with Gasteiger partial charge in [-0.2, -0.15) is 0 Å². The van der Waals surface area contributed by atoms with Crippen LogP contribution in [0.15, 0.2) is 93.5 Å². The Bertz CT molecular complexity index is 771. The van der Waals surface area contributed by atoms with Gasteiger partial charge in [-0.05, 0) is 12.1 Å². The summed E-state index contributed by atoms with van der Waals surface area (Å²) in [6, 6.07) is 12.1. The van der Waals surface area contributed by atoms with Gasteiger partial charge in [0.2, 0.25) is 0 Å². The van der Waals surface area contributed by atoms with Gasteiger partial charge in [0.1, 0.15) is 18.8 Å². The highest BCUT2D eigenvalue weighted by Gasteiger charge is 1.93. The number of para-hydroxylation sites is 1. The van der Waals surface area contributed by atoms with Gasteiger partial charge in [0.05, 0.1) is 37.3 Å². The first kappa shape index (κ1) is 23.3. The highest BCUT2D eigenvalue weighted by atomic mass is 16.5. The zero-order valence-corrected chi connectivity index (χ0v) is 16.6. The molecule has 1 fully saturated rings. The second-order valence-corrected chi connectivity index (χ2v) is 5.32. The number of rotatable bonds is 0. The van der Waals surface area contributed by atoms with E-state index in [1.165, 1.54) is 42.8 Å². The molecule has 6 rings (SSSR count). The van der Waals surface area contributed by atoms with Gasteiger partial charge >= 0.3 is 0 Å². The van der Waals surface area contributed by atoms with Crippen LogP contribution in [-0.4, -0.2) is 62.4 Å². The van der Waals surface area contributed by atoms with Crippen LogP contribution in [0.25, 0.3) is 10.9 Å². The molecular weight excluding hydrogens is 404 g/mol. The predicted molar refractivity (Wildman–Crippen MR) is 108 cm³/mol. The summed E-state index contributed by atoms with van der Waals surface area (Å²) in [5, 5.41) is 23.6. The first-order valence-corrected chi connectivity index (χ1v) is 9.18. The van der Waals surface area contributed by atoms with Crippen LogP contribution in [0.3, 0.4) is 0 Å². The lowest BCUT2D eigenvalue weighted by atomic mass is 10.2. The number of morpholine rings is 1. The molecule has 4 aromatic heterocycles. The lowest BCUT2D eigenvalue weighted by Gasteiger charge is -2.10. The molecule has 1 aliphatic rings. The van der Waals surface area contributed by atoms with Crippen molar-refractivity contribution in [3.05, 3.63) is 80.0 Å². The van der Waals surface area contributed by atoms with Crippen molar-refractivity contribution in [1.29, 1.82) is 0 Å². The van der Waals surface area contributed by atoms with Gasteiger partial charge in [-0.3, -0.25) is 4.98 Å². The molecule has 0 atom stereocenters. The van der Waals surface area contributed by atoms with E-state index in [4.69, 9.17) is 4.74 Å². The van der Waals surface area contributed by atoms with Crippen molar-refractivity contribution in [2.24, 2.45) is 0 Å². The summed E-state index contributed by atoms with van der Waals surface area (Å²) in [6.07, 6.45) is 10.4. The number of pyridine rings is 1. The van der Waals surface area contributed by atoms with Crippen LogP contribution in [0.4, 0.5) is 0 Å². The quantitative estimate of drug-likeness (QED) is 0.386. The number of hydrogen-bond donors (Lipinski definition) is 1. The van der Waals surface area contributed by atoms with Crippen molar-refractivity contribution in [2.45, 2.75) is 0 Å². The van der Waals surface area contributed by atoms with Crippen LogP contribution in [0.2, 0.25) is 0 Å². The molecule has 1 N–H and O–H groups in total. The molecule has 12 nitrogen and oxygen atoms in total. The number of nitrogens with zero attached hydrogens (tertiary/aromatic N) is 7. The van der Waals surface area contributed by atoms with Crippen molar-refractivity contribution in [2.75, 3.05) is 26.3 Å². The van der Waals surface area contributed by atoms with E-state index in [2.05, 4.69) is 67.1 Å². The van der Waals surface area contributed by atoms with E-state index in [1.54, 1.807) is 0 Å². The highest BCUT2D eigenvalue weighted by molar-refractivity contribution is 5.77. The third-order valence-electron chi connectivity index (χ3n) is 3.21. The Morgan fingerprint density at radius 1 is 0.645 bits per heavy atom. The summed E-state index contributed by atoms with van der Waals surface area (Å²) in [7, 11) is 0. The van der Waals surface area contributed by atoms with E-state index in [0.29, 0.717) is 0 Å². The van der Waals surface area contributed by atoms with Crippen LogP contribution in [0, 0.1) is 0 Å². The zero-order chi connectivity index (χ0) is 21.7. The second-order valence-electron chi connectivity index (χ2n) is 5.32. The molecule has 0 radical (unpaired) electrons. The lowest BCUT2D eigenvalue weighted by Crippen LogP contribution is -2.30. The standard InChI is InChI=1S/C9H7N.C4H9NO.3C2H2N2O/c1-2-6-9-8(4-1)5-3-7-10-9;1-3-6-4-2-5-1;3*1-2-5-4-3-1/h1-7H;5H,1-4H2;3*1-2H. The minimum Gasteiger partial charge on any atom is -0.379 e. The Balaban J connectivity index is 0.000000143. The fourth-order valence-corrected chi connectivity index (χ4v) is 1.94. The summed E-state index contributed by atoms with van der Waals surface area (Å²) in [5.41, 5.74) is 1.06. The third kappa shape index (κ3) is 12.2. The minimum atomic E-state index is 0.889. The van der Waals surface area contributed by atoms with E-state index in [0.717, 1.165) is 31.8 Å². The van der Waals surface area contributed by atoms with E-state index in [9.17, 15) is 0 Å². The molecule has 12 heteroatoms. The Morgan fingerprint density at radius 3 is 1.55 bits per heavy atom. The largest absolute Gasteiger partial charge is 0.379 e. The summed E-state index contributed by atoms with van der Waals surface area (Å²) < 4.78 is 17.7. The third-order valence-corrected chi connectivity index (χ3v) is 3.21. The van der Waals surface area contributed by atoms with E-state index in [1.807, 2.05) is 30.5 Å². The van der Waals surface area contributed by atoms with Crippen molar-refractivity contribution in [3.63, 3.8) is 0 Å². The van der Waals surface area contributed by atoms with Gasteiger partial charge in [-0.1, -0.05) is 24.3 Å². The molecule has 0 bridgehead atoms. The van der Waals surface area contributed by atoms with Gasteiger partial charge < -0.3 is 23.6 Å². The monoisotopic (exact) mass is 426 g/mol. The van der Waals surface area contributed by atoms with Crippen molar-refractivity contribution >= 4 is 10.9 Å². The topological polar surface area (TPSA) is 151 Å². The number of hydrogen-bond acceptors (Lipinski definition) is 12. The average molecular weight is 426 g/mol. The average Bonchev–Trinajstić information content (AvgIpc) is 3.68. The van der Waals surface area contributed by atoms with Gasteiger partial charge in [0, 0.05) is 40.5 Å². The maximum atomic E-state index is 5.01. The Hall–Kier alpha value is -4.03. The van der Waals surface area contributed by atoms with Crippen LogP contribution in [0.5, 0.6) is 0 Å². The van der Waals surface area contributed by atoms with Gasteiger partial charge in [-0.25, -0.2) is 0 Å². The smallest absolute Gasteiger partial charge is 0.144 e. The molecule has 1 aliphatic heterocycles. The maximum Gasteiger partial charge on any atom is 0.144 e. The zero-order valence-electron chi connectivity index (χ0n) is 16.6. The number of fused-ring (bicyclic) bond motifs is 1. The number of aromatic nitrogens is 7. The lowest BCUT2D eigenvalue weighted by molar-refractivity contribution is 0.109. The van der Waals surface area contributed by atoms with Gasteiger partial charge in [0.15, 0.2) is 0 Å². The van der Waals surface area contributed by atoms with E-state index < -0.39 is 0 Å². The summed E-state index contributed by atoms with van der Waals surface area (Å²) >= 11 is 0. The highest BCUT2D eigenvalue weighted by Crippen LogP contribution is 2.07. The first-order chi connectivity index (χ1) is 15.5. The SMILES string of the molecule is C1COCCN1.c1ccc2ncccc2c1.c1conn1.c1conn1.c1conn1. The molecule has 5 aromatic rings. The molecule has 5 heterocycles. The number of ether oxygens (including phenoxy) is 1. The predicted octanol–water partition coefficient (Wildman–Crippen LogP) is 2.05. The number of benzene rings is 1. The fourth-order valence-electron chi connectivity index (χ4n) is 1.94. The molecule has 0 saturated carbocycles. The van der Waals surface area contributed by atoms with Crippen LogP contribution < -0.4 is 5.32 Å². The van der Waals surface area contributed by atoms with Crippen molar-refractivity contribution < 1.29 is 18.3 Å². The first-order valence-electron chi connectivity index (χ1n) is 9.18. The Kier molecular flexibility index (Phi) is 12.7. The van der Waals surface area contributed by atoms with E-state index >= 15 is 0 Å². The molecule has 0 spiro atoms. The van der Waals surface area contributed by atoms with Crippen molar-refractivity contribution in [3.8, 4) is 0 Å². The maximum absolute atomic E-state index is 5.01. The van der Waals surface area contributed by atoms with E-state index in [-0.39, 0.29) is 0 Å². The molecule has 1 saturated heterocycles. The number of nitrogens with one attached hydrogen (secondary N) is 1. The normalized spacial score (nSPS) is 11.7. The Labute approximate surface area is 177 Å². The summed E-state index contributed by atoms with van der Waals surface area (Å²) in [4.78, 5) is 4.18. The molecule has 0 aliphatic carbocycles.